The van der Waals surface area contributed by atoms with Crippen molar-refractivity contribution >= 4 is 11.6 Å². The largest absolute Gasteiger partial charge is 0.457 e. The molecule has 0 radical (unpaired) electrons. The molecule has 0 saturated heterocycles. The van der Waals surface area contributed by atoms with Crippen molar-refractivity contribution in [2.45, 2.75) is 0 Å². The van der Waals surface area contributed by atoms with Crippen LogP contribution in [0.5, 0.6) is 11.5 Å². The number of rotatable bonds is 5. The molecular weight excluding hydrogens is 340 g/mol. The molecule has 132 valence electrons. The molecule has 27 heavy (non-hydrogen) atoms. The first-order valence-corrected chi connectivity index (χ1v) is 8.44. The molecule has 0 bridgehead atoms. The Labute approximate surface area is 156 Å². The lowest BCUT2D eigenvalue weighted by atomic mass is 10.1. The van der Waals surface area contributed by atoms with Gasteiger partial charge in [-0.1, -0.05) is 53.7 Å². The van der Waals surface area contributed by atoms with Crippen molar-refractivity contribution in [2.24, 2.45) is 0 Å². The number of amides is 1. The van der Waals surface area contributed by atoms with E-state index < -0.39 is 0 Å². The minimum Gasteiger partial charge on any atom is -0.457 e. The summed E-state index contributed by atoms with van der Waals surface area (Å²) in [6.07, 6.45) is 0. The molecule has 0 fully saturated rings. The third-order valence-electron chi connectivity index (χ3n) is 3.89. The van der Waals surface area contributed by atoms with Crippen LogP contribution >= 0.6 is 0 Å². The van der Waals surface area contributed by atoms with Crippen LogP contribution in [0.2, 0.25) is 0 Å². The van der Waals surface area contributed by atoms with Crippen LogP contribution in [-0.2, 0) is 0 Å². The predicted molar refractivity (Wildman–Crippen MR) is 103 cm³/mol. The number of nitrogens with one attached hydrogen (secondary N) is 1. The number of para-hydroxylation sites is 1. The first-order valence-electron chi connectivity index (χ1n) is 8.44. The molecule has 0 aliphatic carbocycles. The van der Waals surface area contributed by atoms with Crippen LogP contribution in [0.4, 0.5) is 5.69 Å². The molecule has 0 aliphatic rings. The van der Waals surface area contributed by atoms with Crippen LogP contribution in [0, 0.1) is 0 Å². The topological polar surface area (TPSA) is 64.4 Å². The molecular formula is C22H16N2O3. The van der Waals surface area contributed by atoms with Gasteiger partial charge in [-0.05, 0) is 36.4 Å². The quantitative estimate of drug-likeness (QED) is 0.521. The van der Waals surface area contributed by atoms with Crippen molar-refractivity contribution in [2.75, 3.05) is 5.32 Å². The average Bonchev–Trinajstić information content (AvgIpc) is 3.21. The second-order valence-electron chi connectivity index (χ2n) is 5.84. The van der Waals surface area contributed by atoms with Crippen molar-refractivity contribution in [3.05, 3.63) is 96.7 Å². The van der Waals surface area contributed by atoms with Gasteiger partial charge in [-0.15, -0.1) is 0 Å². The second-order valence-corrected chi connectivity index (χ2v) is 5.84. The van der Waals surface area contributed by atoms with Gasteiger partial charge < -0.3 is 14.6 Å². The molecule has 1 heterocycles. The van der Waals surface area contributed by atoms with Crippen LogP contribution in [0.1, 0.15) is 10.5 Å². The highest BCUT2D eigenvalue weighted by molar-refractivity contribution is 6.03. The summed E-state index contributed by atoms with van der Waals surface area (Å²) in [5.74, 6) is 1.65. The van der Waals surface area contributed by atoms with E-state index in [9.17, 15) is 4.79 Å². The number of aromatic nitrogens is 1. The van der Waals surface area contributed by atoms with E-state index in [2.05, 4.69) is 10.5 Å². The standard InChI is InChI=1S/C22H16N2O3/c25-22(20-15-21(27-24-20)16-7-3-1-4-8-16)23-17-11-13-19(14-12-17)26-18-9-5-2-6-10-18/h1-15H,(H,23,25). The van der Waals surface area contributed by atoms with Gasteiger partial charge in [-0.2, -0.15) is 0 Å². The Morgan fingerprint density at radius 2 is 1.44 bits per heavy atom. The minimum absolute atomic E-state index is 0.221. The first-order chi connectivity index (χ1) is 13.3. The second kappa shape index (κ2) is 7.58. The number of carbonyl (C=O) groups is 1. The van der Waals surface area contributed by atoms with Gasteiger partial charge in [0.2, 0.25) is 0 Å². The molecule has 1 N–H and O–H groups in total. The van der Waals surface area contributed by atoms with Crippen LogP contribution in [0.25, 0.3) is 11.3 Å². The average molecular weight is 356 g/mol. The normalized spacial score (nSPS) is 10.4. The van der Waals surface area contributed by atoms with E-state index in [1.165, 1.54) is 0 Å². The van der Waals surface area contributed by atoms with Crippen LogP contribution < -0.4 is 10.1 Å². The van der Waals surface area contributed by atoms with Crippen molar-refractivity contribution in [3.63, 3.8) is 0 Å². The van der Waals surface area contributed by atoms with E-state index in [1.54, 1.807) is 30.3 Å². The Bertz CT molecular complexity index is 1030. The molecule has 0 unspecified atom stereocenters. The van der Waals surface area contributed by atoms with Gasteiger partial charge in [0, 0.05) is 17.3 Å². The van der Waals surface area contributed by atoms with Crippen LogP contribution in [0.3, 0.4) is 0 Å². The molecule has 0 saturated carbocycles. The molecule has 0 atom stereocenters. The van der Waals surface area contributed by atoms with Gasteiger partial charge in [0.15, 0.2) is 11.5 Å². The van der Waals surface area contributed by atoms with Gasteiger partial charge in [0.05, 0.1) is 0 Å². The maximum absolute atomic E-state index is 12.4. The molecule has 4 rings (SSSR count). The minimum atomic E-state index is -0.336. The van der Waals surface area contributed by atoms with E-state index in [0.29, 0.717) is 17.2 Å². The van der Waals surface area contributed by atoms with Gasteiger partial charge in [0.1, 0.15) is 11.5 Å². The SMILES string of the molecule is O=C(Nc1ccc(Oc2ccccc2)cc1)c1cc(-c2ccccc2)on1. The van der Waals surface area contributed by atoms with Gasteiger partial charge in [-0.3, -0.25) is 4.79 Å². The van der Waals surface area contributed by atoms with E-state index in [4.69, 9.17) is 9.26 Å². The summed E-state index contributed by atoms with van der Waals surface area (Å²) in [5.41, 5.74) is 1.73. The summed E-state index contributed by atoms with van der Waals surface area (Å²) < 4.78 is 11.0. The fourth-order valence-corrected chi connectivity index (χ4v) is 2.55. The lowest BCUT2D eigenvalue weighted by Crippen LogP contribution is -2.11. The summed E-state index contributed by atoms with van der Waals surface area (Å²) in [7, 11) is 0. The highest BCUT2D eigenvalue weighted by atomic mass is 16.5. The molecule has 5 heteroatoms. The van der Waals surface area contributed by atoms with E-state index in [1.807, 2.05) is 60.7 Å². The molecule has 5 nitrogen and oxygen atoms in total. The van der Waals surface area contributed by atoms with Crippen LogP contribution in [0.15, 0.2) is 95.5 Å². The van der Waals surface area contributed by atoms with Crippen molar-refractivity contribution in [1.82, 2.24) is 5.16 Å². The molecule has 0 spiro atoms. The van der Waals surface area contributed by atoms with Gasteiger partial charge in [0.25, 0.3) is 5.91 Å². The summed E-state index contributed by atoms with van der Waals surface area (Å²) in [4.78, 5) is 12.4. The highest BCUT2D eigenvalue weighted by Crippen LogP contribution is 2.23. The fraction of sp³-hybridized carbons (Fsp3) is 0. The molecule has 3 aromatic carbocycles. The maximum Gasteiger partial charge on any atom is 0.277 e. The molecule has 1 amide bonds. The Hall–Kier alpha value is -3.86. The third kappa shape index (κ3) is 4.04. The number of carbonyl (C=O) groups excluding carboxylic acids is 1. The number of hydrogen-bond donors (Lipinski definition) is 1. The zero-order valence-corrected chi connectivity index (χ0v) is 14.3. The van der Waals surface area contributed by atoms with E-state index >= 15 is 0 Å². The van der Waals surface area contributed by atoms with Crippen molar-refractivity contribution < 1.29 is 14.1 Å². The van der Waals surface area contributed by atoms with Crippen LogP contribution in [-0.4, -0.2) is 11.1 Å². The number of benzene rings is 3. The third-order valence-corrected chi connectivity index (χ3v) is 3.89. The molecule has 1 aromatic heterocycles. The lowest BCUT2D eigenvalue weighted by Gasteiger charge is -2.07. The summed E-state index contributed by atoms with van der Waals surface area (Å²) >= 11 is 0. The van der Waals surface area contributed by atoms with Crippen molar-refractivity contribution in [3.8, 4) is 22.8 Å². The van der Waals surface area contributed by atoms with Crippen molar-refractivity contribution in [1.29, 1.82) is 0 Å². The Morgan fingerprint density at radius 1 is 0.815 bits per heavy atom. The molecule has 4 aromatic rings. The van der Waals surface area contributed by atoms with Gasteiger partial charge in [-0.25, -0.2) is 0 Å². The lowest BCUT2D eigenvalue weighted by molar-refractivity contribution is 0.101. The zero-order valence-electron chi connectivity index (χ0n) is 14.3. The summed E-state index contributed by atoms with van der Waals surface area (Å²) in [6, 6.07) is 27.8. The Morgan fingerprint density at radius 3 is 2.15 bits per heavy atom. The maximum atomic E-state index is 12.4. The predicted octanol–water partition coefficient (Wildman–Crippen LogP) is 5.39. The number of ether oxygens (including phenoxy) is 1. The number of nitrogens with zero attached hydrogens (tertiary/aromatic N) is 1. The smallest absolute Gasteiger partial charge is 0.277 e. The number of anilines is 1. The van der Waals surface area contributed by atoms with E-state index in [0.717, 1.165) is 11.3 Å². The summed E-state index contributed by atoms with van der Waals surface area (Å²) in [5, 5.41) is 6.65. The van der Waals surface area contributed by atoms with Gasteiger partial charge >= 0.3 is 0 Å². The summed E-state index contributed by atoms with van der Waals surface area (Å²) in [6.45, 7) is 0. The number of hydrogen-bond acceptors (Lipinski definition) is 4. The zero-order chi connectivity index (χ0) is 18.5. The molecule has 0 aliphatic heterocycles. The monoisotopic (exact) mass is 356 g/mol. The van der Waals surface area contributed by atoms with E-state index in [-0.39, 0.29) is 11.6 Å². The Balaban J connectivity index is 1.42. The Kier molecular flexibility index (Phi) is 4.66. The highest BCUT2D eigenvalue weighted by Gasteiger charge is 2.14. The fourth-order valence-electron chi connectivity index (χ4n) is 2.55. The first kappa shape index (κ1) is 16.6.